The number of ether oxygens (including phenoxy) is 1. The van der Waals surface area contributed by atoms with E-state index in [4.69, 9.17) is 4.74 Å². The van der Waals surface area contributed by atoms with Crippen LogP contribution in [0.15, 0.2) is 41.3 Å². The molecule has 0 atom stereocenters. The summed E-state index contributed by atoms with van der Waals surface area (Å²) in [7, 11) is 1.31. The van der Waals surface area contributed by atoms with Gasteiger partial charge in [-0.25, -0.2) is 9.78 Å². The third-order valence-electron chi connectivity index (χ3n) is 3.72. The molecule has 0 radical (unpaired) electrons. The van der Waals surface area contributed by atoms with E-state index in [1.165, 1.54) is 13.3 Å². The first kappa shape index (κ1) is 16.3. The van der Waals surface area contributed by atoms with Crippen LogP contribution >= 0.6 is 15.9 Å². The smallest absolute Gasteiger partial charge is 0.339 e. The van der Waals surface area contributed by atoms with Crippen LogP contribution in [-0.2, 0) is 11.2 Å². The average molecular weight is 388 g/mol. The maximum Gasteiger partial charge on any atom is 0.339 e. The number of aryl methyl sites for hydroxylation is 1. The molecule has 0 saturated carbocycles. The highest BCUT2D eigenvalue weighted by Gasteiger charge is 2.16. The van der Waals surface area contributed by atoms with Crippen LogP contribution < -0.4 is 0 Å². The molecule has 0 aliphatic carbocycles. The summed E-state index contributed by atoms with van der Waals surface area (Å²) in [6.45, 7) is 1.80. The van der Waals surface area contributed by atoms with Crippen LogP contribution in [0.25, 0.3) is 5.65 Å². The molecule has 0 aliphatic rings. The number of pyridine rings is 2. The fourth-order valence-corrected chi connectivity index (χ4v) is 2.74. The quantitative estimate of drug-likeness (QED) is 0.508. The monoisotopic (exact) mass is 387 g/mol. The van der Waals surface area contributed by atoms with E-state index < -0.39 is 5.97 Å². The Hall–Kier alpha value is -2.54. The summed E-state index contributed by atoms with van der Waals surface area (Å²) in [6, 6.07) is 5.32. The summed E-state index contributed by atoms with van der Waals surface area (Å²) in [5.41, 5.74) is 2.89. The summed E-state index contributed by atoms with van der Waals surface area (Å²) in [6.07, 6.45) is 4.92. The lowest BCUT2D eigenvalue weighted by molar-refractivity contribution is 0.0599. The number of esters is 1. The highest BCUT2D eigenvalue weighted by atomic mass is 79.9. The maximum absolute atomic E-state index is 12.7. The Kier molecular flexibility index (Phi) is 4.44. The van der Waals surface area contributed by atoms with Gasteiger partial charge >= 0.3 is 5.97 Å². The number of hydrogen-bond donors (Lipinski definition) is 0. The molecule has 3 aromatic rings. The summed E-state index contributed by atoms with van der Waals surface area (Å²) in [5, 5.41) is 0. The molecule has 3 heterocycles. The van der Waals surface area contributed by atoms with E-state index >= 15 is 0 Å². The normalized spacial score (nSPS) is 10.8. The molecule has 0 saturated heterocycles. The fourth-order valence-electron chi connectivity index (χ4n) is 2.41. The predicted octanol–water partition coefficient (Wildman–Crippen LogP) is 3.01. The van der Waals surface area contributed by atoms with E-state index in [-0.39, 0.29) is 12.2 Å². The van der Waals surface area contributed by atoms with Gasteiger partial charge in [0.05, 0.1) is 18.9 Å². The predicted molar refractivity (Wildman–Crippen MR) is 91.2 cm³/mol. The van der Waals surface area contributed by atoms with E-state index in [1.54, 1.807) is 29.8 Å². The van der Waals surface area contributed by atoms with Gasteiger partial charge in [0.2, 0.25) is 0 Å². The van der Waals surface area contributed by atoms with Gasteiger partial charge in [-0.2, -0.15) is 0 Å². The number of carbonyl (C=O) groups excluding carboxylic acids is 2. The molecule has 0 spiro atoms. The first-order chi connectivity index (χ1) is 11.5. The Labute approximate surface area is 146 Å². The number of nitrogens with zero attached hydrogens (tertiary/aromatic N) is 3. The zero-order valence-corrected chi connectivity index (χ0v) is 14.7. The molecule has 6 nitrogen and oxygen atoms in total. The van der Waals surface area contributed by atoms with Crippen LogP contribution in [0, 0.1) is 6.92 Å². The number of methoxy groups -OCH3 is 1. The molecular formula is C17H14BrN3O3. The number of Topliss-reactive ketones (excluding diaryl/α,β-unsaturated/α-hetero) is 1. The van der Waals surface area contributed by atoms with E-state index in [1.807, 2.05) is 12.1 Å². The largest absolute Gasteiger partial charge is 0.465 e. The zero-order valence-electron chi connectivity index (χ0n) is 13.1. The maximum atomic E-state index is 12.7. The molecule has 24 heavy (non-hydrogen) atoms. The number of carbonyl (C=O) groups is 2. The van der Waals surface area contributed by atoms with Gasteiger partial charge in [-0.3, -0.25) is 14.2 Å². The first-order valence-corrected chi connectivity index (χ1v) is 7.98. The number of imidazole rings is 1. The lowest BCUT2D eigenvalue weighted by atomic mass is 10.0. The van der Waals surface area contributed by atoms with E-state index in [2.05, 4.69) is 25.9 Å². The molecule has 0 unspecified atom stereocenters. The third-order valence-corrected chi connectivity index (χ3v) is 4.22. The number of halogens is 1. The van der Waals surface area contributed by atoms with Gasteiger partial charge in [0.15, 0.2) is 5.78 Å². The van der Waals surface area contributed by atoms with Gasteiger partial charge < -0.3 is 4.74 Å². The molecule has 0 N–H and O–H groups in total. The molecular weight excluding hydrogens is 374 g/mol. The van der Waals surface area contributed by atoms with Crippen molar-refractivity contribution in [3.05, 3.63) is 63.8 Å². The van der Waals surface area contributed by atoms with Gasteiger partial charge in [-0.1, -0.05) is 15.9 Å². The van der Waals surface area contributed by atoms with Crippen molar-refractivity contribution in [1.29, 1.82) is 0 Å². The number of rotatable bonds is 4. The van der Waals surface area contributed by atoms with Crippen molar-refractivity contribution < 1.29 is 14.3 Å². The molecule has 0 aliphatic heterocycles. The Morgan fingerprint density at radius 1 is 1.25 bits per heavy atom. The van der Waals surface area contributed by atoms with E-state index in [0.29, 0.717) is 28.2 Å². The molecule has 0 amide bonds. The summed E-state index contributed by atoms with van der Waals surface area (Å²) >= 11 is 3.38. The number of aromatic nitrogens is 3. The van der Waals surface area contributed by atoms with Crippen LogP contribution in [0.5, 0.6) is 0 Å². The molecule has 3 aromatic heterocycles. The van der Waals surface area contributed by atoms with Crippen LogP contribution in [0.4, 0.5) is 0 Å². The van der Waals surface area contributed by atoms with Crippen molar-refractivity contribution in [3.8, 4) is 0 Å². The fraction of sp³-hybridized carbons (Fsp3) is 0.176. The van der Waals surface area contributed by atoms with Crippen molar-refractivity contribution in [2.45, 2.75) is 13.3 Å². The third kappa shape index (κ3) is 3.07. The number of ketones is 1. The van der Waals surface area contributed by atoms with Crippen molar-refractivity contribution in [1.82, 2.24) is 14.4 Å². The SMILES string of the molecule is COC(=O)c1cnc(C)c(CC(=O)c2cnc3cc(Br)ccn23)c1. The van der Waals surface area contributed by atoms with Crippen LogP contribution in [0.1, 0.15) is 32.1 Å². The van der Waals surface area contributed by atoms with Crippen molar-refractivity contribution >= 4 is 33.3 Å². The average Bonchev–Trinajstić information content (AvgIpc) is 2.99. The van der Waals surface area contributed by atoms with Crippen LogP contribution in [-0.4, -0.2) is 33.2 Å². The van der Waals surface area contributed by atoms with Crippen molar-refractivity contribution in [2.24, 2.45) is 0 Å². The highest BCUT2D eigenvalue weighted by Crippen LogP contribution is 2.17. The lowest BCUT2D eigenvalue weighted by Gasteiger charge is -2.07. The second-order valence-electron chi connectivity index (χ2n) is 5.28. The summed E-state index contributed by atoms with van der Waals surface area (Å²) < 4.78 is 7.32. The van der Waals surface area contributed by atoms with E-state index in [9.17, 15) is 9.59 Å². The first-order valence-electron chi connectivity index (χ1n) is 7.19. The second kappa shape index (κ2) is 6.52. The summed E-state index contributed by atoms with van der Waals surface area (Å²) in [4.78, 5) is 32.7. The Bertz CT molecular complexity index is 949. The molecule has 0 aromatic carbocycles. The van der Waals surface area contributed by atoms with Gasteiger partial charge in [-0.15, -0.1) is 0 Å². The van der Waals surface area contributed by atoms with Crippen LogP contribution in [0.3, 0.4) is 0 Å². The Morgan fingerprint density at radius 3 is 2.79 bits per heavy atom. The van der Waals surface area contributed by atoms with Crippen molar-refractivity contribution in [2.75, 3.05) is 7.11 Å². The number of fused-ring (bicyclic) bond motifs is 1. The highest BCUT2D eigenvalue weighted by molar-refractivity contribution is 9.10. The van der Waals surface area contributed by atoms with Crippen molar-refractivity contribution in [3.63, 3.8) is 0 Å². The molecule has 122 valence electrons. The Morgan fingerprint density at radius 2 is 2.04 bits per heavy atom. The second-order valence-corrected chi connectivity index (χ2v) is 6.19. The van der Waals surface area contributed by atoms with Gasteiger partial charge in [0.25, 0.3) is 0 Å². The molecule has 7 heteroatoms. The zero-order chi connectivity index (χ0) is 17.3. The number of hydrogen-bond acceptors (Lipinski definition) is 5. The minimum Gasteiger partial charge on any atom is -0.465 e. The Balaban J connectivity index is 1.93. The minimum absolute atomic E-state index is 0.100. The van der Waals surface area contributed by atoms with Gasteiger partial charge in [0, 0.05) is 29.0 Å². The van der Waals surface area contributed by atoms with Gasteiger partial charge in [-0.05, 0) is 30.7 Å². The molecule has 0 fully saturated rings. The molecule has 0 bridgehead atoms. The summed E-state index contributed by atoms with van der Waals surface area (Å²) in [5.74, 6) is -0.576. The molecule has 3 rings (SSSR count). The van der Waals surface area contributed by atoms with Gasteiger partial charge in [0.1, 0.15) is 11.3 Å². The van der Waals surface area contributed by atoms with Crippen LogP contribution in [0.2, 0.25) is 0 Å². The van der Waals surface area contributed by atoms with E-state index in [0.717, 1.165) is 4.47 Å². The standard InChI is InChI=1S/C17H14BrN3O3/c1-10-11(5-12(8-19-10)17(23)24-2)6-15(22)14-9-20-16-7-13(18)3-4-21(14)16/h3-5,7-9H,6H2,1-2H3. The minimum atomic E-state index is -0.476. The topological polar surface area (TPSA) is 73.6 Å². The lowest BCUT2D eigenvalue weighted by Crippen LogP contribution is -2.10.